The van der Waals surface area contributed by atoms with Crippen molar-refractivity contribution in [3.05, 3.63) is 0 Å². The predicted molar refractivity (Wildman–Crippen MR) is 82.3 cm³/mol. The van der Waals surface area contributed by atoms with Gasteiger partial charge in [-0.3, -0.25) is 0 Å². The maximum absolute atomic E-state index is 12.7. The van der Waals surface area contributed by atoms with Gasteiger partial charge in [0.1, 0.15) is 0 Å². The van der Waals surface area contributed by atoms with E-state index in [4.69, 9.17) is 9.47 Å². The number of rotatable bonds is 12. The van der Waals surface area contributed by atoms with Gasteiger partial charge >= 0.3 is 12.1 Å². The molecule has 0 amide bonds. The zero-order valence-corrected chi connectivity index (χ0v) is 14.2. The van der Waals surface area contributed by atoms with E-state index in [0.717, 1.165) is 45.1 Å². The average Bonchev–Trinajstić information content (AvgIpc) is 2.52. The predicted octanol–water partition coefficient (Wildman–Crippen LogP) is 5.89. The summed E-state index contributed by atoms with van der Waals surface area (Å²) in [6.45, 7) is 2.20. The van der Waals surface area contributed by atoms with Crippen molar-refractivity contribution >= 4 is 0 Å². The molecule has 1 heterocycles. The Hall–Kier alpha value is -0.430. The van der Waals surface area contributed by atoms with E-state index in [-0.39, 0.29) is 6.42 Å². The summed E-state index contributed by atoms with van der Waals surface area (Å²) in [6.07, 6.45) is 1.84. The Labute approximate surface area is 141 Å². The second-order valence-corrected chi connectivity index (χ2v) is 6.46. The lowest BCUT2D eigenvalue weighted by molar-refractivity contribution is -0.284. The smallest absolute Gasteiger partial charge is 0.381 e. The van der Waals surface area contributed by atoms with E-state index in [9.17, 15) is 22.0 Å². The van der Waals surface area contributed by atoms with Crippen LogP contribution in [-0.2, 0) is 9.47 Å². The van der Waals surface area contributed by atoms with Gasteiger partial charge in [-0.05, 0) is 38.5 Å². The van der Waals surface area contributed by atoms with Crippen LogP contribution in [-0.4, -0.2) is 38.0 Å². The Balaban J connectivity index is 1.84. The van der Waals surface area contributed by atoms with Crippen LogP contribution in [0.25, 0.3) is 0 Å². The van der Waals surface area contributed by atoms with Crippen LogP contribution in [0.1, 0.15) is 70.6 Å². The van der Waals surface area contributed by atoms with Crippen LogP contribution in [0.15, 0.2) is 0 Å². The van der Waals surface area contributed by atoms with Crippen LogP contribution in [0.4, 0.5) is 22.0 Å². The van der Waals surface area contributed by atoms with E-state index in [1.165, 1.54) is 6.42 Å². The summed E-state index contributed by atoms with van der Waals surface area (Å²) < 4.78 is 72.3. The van der Waals surface area contributed by atoms with Gasteiger partial charge in [0.25, 0.3) is 0 Å². The summed E-state index contributed by atoms with van der Waals surface area (Å²) in [5.74, 6) is -4.55. The van der Waals surface area contributed by atoms with Gasteiger partial charge in [-0.25, -0.2) is 0 Å². The fourth-order valence-corrected chi connectivity index (χ4v) is 2.75. The van der Waals surface area contributed by atoms with E-state index in [0.29, 0.717) is 32.2 Å². The third-order valence-electron chi connectivity index (χ3n) is 4.30. The molecule has 1 aliphatic rings. The van der Waals surface area contributed by atoms with Gasteiger partial charge in [0.15, 0.2) is 0 Å². The van der Waals surface area contributed by atoms with E-state index >= 15 is 0 Å². The van der Waals surface area contributed by atoms with E-state index < -0.39 is 18.5 Å². The van der Waals surface area contributed by atoms with Crippen LogP contribution in [0.5, 0.6) is 0 Å². The molecule has 0 N–H and O–H groups in total. The monoisotopic (exact) mass is 360 g/mol. The summed E-state index contributed by atoms with van der Waals surface area (Å²) in [5, 5.41) is 0. The molecule has 0 aliphatic carbocycles. The molecule has 1 fully saturated rings. The maximum atomic E-state index is 12.7. The molecule has 24 heavy (non-hydrogen) atoms. The zero-order chi connectivity index (χ0) is 17.9. The average molecular weight is 360 g/mol. The van der Waals surface area contributed by atoms with Gasteiger partial charge in [0.05, 0.1) is 6.10 Å². The van der Waals surface area contributed by atoms with Crippen LogP contribution in [0.2, 0.25) is 0 Å². The molecule has 0 aromatic rings. The van der Waals surface area contributed by atoms with Gasteiger partial charge in [-0.2, -0.15) is 22.0 Å². The molecule has 0 spiro atoms. The molecular formula is C17H29F5O2. The molecule has 1 unspecified atom stereocenters. The van der Waals surface area contributed by atoms with Gasteiger partial charge in [-0.1, -0.05) is 25.7 Å². The van der Waals surface area contributed by atoms with Crippen molar-refractivity contribution in [2.75, 3.05) is 19.8 Å². The number of alkyl halides is 5. The molecular weight excluding hydrogens is 331 g/mol. The fraction of sp³-hybridized carbons (Fsp3) is 1.00. The number of hydrogen-bond acceptors (Lipinski definition) is 2. The van der Waals surface area contributed by atoms with E-state index in [1.54, 1.807) is 0 Å². The SMILES string of the molecule is FC(F)(F)C(F)(F)CCCCCCCCOCCC1CCCCO1. The van der Waals surface area contributed by atoms with Crippen LogP contribution in [0.3, 0.4) is 0 Å². The van der Waals surface area contributed by atoms with E-state index in [2.05, 4.69) is 0 Å². The van der Waals surface area contributed by atoms with Crippen molar-refractivity contribution in [2.45, 2.75) is 88.8 Å². The fourth-order valence-electron chi connectivity index (χ4n) is 2.75. The molecule has 1 saturated heterocycles. The molecule has 7 heteroatoms. The van der Waals surface area contributed by atoms with Gasteiger partial charge < -0.3 is 9.47 Å². The molecule has 1 aliphatic heterocycles. The molecule has 0 aromatic carbocycles. The highest BCUT2D eigenvalue weighted by Crippen LogP contribution is 2.39. The Kier molecular flexibility index (Phi) is 10.1. The first-order chi connectivity index (χ1) is 11.3. The normalized spacial score (nSPS) is 19.6. The van der Waals surface area contributed by atoms with Crippen LogP contribution < -0.4 is 0 Å². The molecule has 0 bridgehead atoms. The minimum Gasteiger partial charge on any atom is -0.381 e. The van der Waals surface area contributed by atoms with Crippen molar-refractivity contribution < 1.29 is 31.4 Å². The van der Waals surface area contributed by atoms with Crippen LogP contribution >= 0.6 is 0 Å². The molecule has 0 aromatic heterocycles. The summed E-state index contributed by atoms with van der Waals surface area (Å²) in [7, 11) is 0. The molecule has 144 valence electrons. The molecule has 1 atom stereocenters. The third-order valence-corrected chi connectivity index (χ3v) is 4.30. The lowest BCUT2D eigenvalue weighted by atomic mass is 10.1. The summed E-state index contributed by atoms with van der Waals surface area (Å²) in [6, 6.07) is 0. The summed E-state index contributed by atoms with van der Waals surface area (Å²) in [5.41, 5.74) is 0. The molecule has 0 saturated carbocycles. The number of unbranched alkanes of at least 4 members (excludes halogenated alkanes) is 5. The number of halogens is 5. The van der Waals surface area contributed by atoms with Crippen molar-refractivity contribution in [3.8, 4) is 0 Å². The lowest BCUT2D eigenvalue weighted by Crippen LogP contribution is -2.36. The van der Waals surface area contributed by atoms with Crippen LogP contribution in [0, 0.1) is 0 Å². The first-order valence-electron chi connectivity index (χ1n) is 8.97. The molecule has 2 nitrogen and oxygen atoms in total. The Morgan fingerprint density at radius 2 is 1.50 bits per heavy atom. The highest BCUT2D eigenvalue weighted by atomic mass is 19.4. The van der Waals surface area contributed by atoms with Crippen molar-refractivity contribution in [3.63, 3.8) is 0 Å². The van der Waals surface area contributed by atoms with Crippen molar-refractivity contribution in [1.29, 1.82) is 0 Å². The highest BCUT2D eigenvalue weighted by molar-refractivity contribution is 4.75. The Bertz CT molecular complexity index is 315. The van der Waals surface area contributed by atoms with E-state index in [1.807, 2.05) is 0 Å². The quantitative estimate of drug-likeness (QED) is 0.319. The lowest BCUT2D eigenvalue weighted by Gasteiger charge is -2.22. The second-order valence-electron chi connectivity index (χ2n) is 6.46. The second kappa shape index (κ2) is 11.2. The third kappa shape index (κ3) is 9.16. The number of ether oxygens (including phenoxy) is 2. The minimum atomic E-state index is -5.42. The highest BCUT2D eigenvalue weighted by Gasteiger charge is 2.56. The Morgan fingerprint density at radius 1 is 0.833 bits per heavy atom. The Morgan fingerprint density at radius 3 is 2.12 bits per heavy atom. The summed E-state index contributed by atoms with van der Waals surface area (Å²) in [4.78, 5) is 0. The topological polar surface area (TPSA) is 18.5 Å². The minimum absolute atomic E-state index is 0.0929. The van der Waals surface area contributed by atoms with Crippen molar-refractivity contribution in [2.24, 2.45) is 0 Å². The largest absolute Gasteiger partial charge is 0.453 e. The molecule has 0 radical (unpaired) electrons. The molecule has 1 rings (SSSR count). The number of hydrogen-bond donors (Lipinski definition) is 0. The maximum Gasteiger partial charge on any atom is 0.453 e. The first kappa shape index (κ1) is 21.6. The summed E-state index contributed by atoms with van der Waals surface area (Å²) >= 11 is 0. The zero-order valence-electron chi connectivity index (χ0n) is 14.2. The first-order valence-corrected chi connectivity index (χ1v) is 8.97. The standard InChI is InChI=1S/C17H29F5O2/c18-16(19,17(20,21)22)11-6-3-1-2-4-7-12-23-14-10-15-9-5-8-13-24-15/h15H,1-14H2. The van der Waals surface area contributed by atoms with Gasteiger partial charge in [-0.15, -0.1) is 0 Å². The van der Waals surface area contributed by atoms with Gasteiger partial charge in [0.2, 0.25) is 0 Å². The van der Waals surface area contributed by atoms with Gasteiger partial charge in [0, 0.05) is 26.2 Å². The van der Waals surface area contributed by atoms with Crippen molar-refractivity contribution in [1.82, 2.24) is 0 Å².